The molecule has 3 nitrogen and oxygen atoms in total. The third-order valence-corrected chi connectivity index (χ3v) is 4.07. The fourth-order valence-electron chi connectivity index (χ4n) is 2.12. The van der Waals surface area contributed by atoms with E-state index in [1.807, 2.05) is 7.05 Å². The molecular formula is C14H19N3S. The summed E-state index contributed by atoms with van der Waals surface area (Å²) in [4.78, 5) is 11.9. The van der Waals surface area contributed by atoms with Gasteiger partial charge in [-0.25, -0.2) is 9.97 Å². The summed E-state index contributed by atoms with van der Waals surface area (Å²) in [7, 11) is 1.91. The van der Waals surface area contributed by atoms with Crippen molar-refractivity contribution < 1.29 is 0 Å². The minimum absolute atomic E-state index is 0.837. The highest BCUT2D eigenvalue weighted by atomic mass is 32.1. The molecule has 0 aliphatic heterocycles. The van der Waals surface area contributed by atoms with Crippen molar-refractivity contribution in [1.29, 1.82) is 0 Å². The molecule has 0 saturated heterocycles. The third-order valence-electron chi connectivity index (χ3n) is 3.10. The van der Waals surface area contributed by atoms with E-state index in [0.717, 1.165) is 34.9 Å². The zero-order chi connectivity index (χ0) is 13.3. The number of thiophene rings is 1. The molecule has 0 bridgehead atoms. The van der Waals surface area contributed by atoms with Gasteiger partial charge in [-0.2, -0.15) is 0 Å². The quantitative estimate of drug-likeness (QED) is 0.914. The molecule has 0 saturated carbocycles. The summed E-state index contributed by atoms with van der Waals surface area (Å²) in [5.41, 5.74) is 3.42. The summed E-state index contributed by atoms with van der Waals surface area (Å²) < 4.78 is 0. The average Bonchev–Trinajstić information content (AvgIpc) is 2.69. The first-order valence-electron chi connectivity index (χ1n) is 6.19. The number of nitrogens with zero attached hydrogens (tertiary/aromatic N) is 2. The van der Waals surface area contributed by atoms with Gasteiger partial charge in [0, 0.05) is 33.6 Å². The third kappa shape index (κ3) is 2.25. The standard InChI is InChI=1S/C14H19N3S/c1-6-12-9(3)13(15-5)17-14(16-12)11-7-8(2)18-10(11)4/h7H,6H2,1-5H3,(H,15,16,17). The molecule has 1 N–H and O–H groups in total. The van der Waals surface area contributed by atoms with Crippen molar-refractivity contribution >= 4 is 17.2 Å². The molecule has 0 fully saturated rings. The van der Waals surface area contributed by atoms with Gasteiger partial charge in [0.1, 0.15) is 5.82 Å². The maximum atomic E-state index is 4.70. The normalized spacial score (nSPS) is 10.7. The molecule has 0 amide bonds. The fraction of sp³-hybridized carbons (Fsp3) is 0.429. The lowest BCUT2D eigenvalue weighted by atomic mass is 10.1. The van der Waals surface area contributed by atoms with E-state index in [0.29, 0.717) is 0 Å². The van der Waals surface area contributed by atoms with Crippen LogP contribution in [0.25, 0.3) is 11.4 Å². The van der Waals surface area contributed by atoms with Crippen LogP contribution in [-0.4, -0.2) is 17.0 Å². The molecule has 0 radical (unpaired) electrons. The minimum Gasteiger partial charge on any atom is -0.373 e. The van der Waals surface area contributed by atoms with Crippen molar-refractivity contribution in [3.63, 3.8) is 0 Å². The first-order chi connectivity index (χ1) is 8.56. The second kappa shape index (κ2) is 5.06. The van der Waals surface area contributed by atoms with Gasteiger partial charge in [-0.05, 0) is 33.3 Å². The SMILES string of the molecule is CCc1nc(-c2cc(C)sc2C)nc(NC)c1C. The van der Waals surface area contributed by atoms with Crippen molar-refractivity contribution in [3.8, 4) is 11.4 Å². The summed E-state index contributed by atoms with van der Waals surface area (Å²) in [6.07, 6.45) is 0.929. The molecule has 2 heterocycles. The zero-order valence-corrected chi connectivity index (χ0v) is 12.4. The molecule has 0 unspecified atom stereocenters. The number of aromatic nitrogens is 2. The summed E-state index contributed by atoms with van der Waals surface area (Å²) in [5, 5.41) is 3.16. The van der Waals surface area contributed by atoms with Crippen molar-refractivity contribution in [2.24, 2.45) is 0 Å². The van der Waals surface area contributed by atoms with Crippen LogP contribution in [0, 0.1) is 20.8 Å². The second-order valence-electron chi connectivity index (χ2n) is 4.40. The Kier molecular flexibility index (Phi) is 3.66. The predicted molar refractivity (Wildman–Crippen MR) is 78.5 cm³/mol. The monoisotopic (exact) mass is 261 g/mol. The van der Waals surface area contributed by atoms with Crippen LogP contribution in [0.4, 0.5) is 5.82 Å². The van der Waals surface area contributed by atoms with Crippen LogP contribution in [0.15, 0.2) is 6.07 Å². The Bertz CT molecular complexity index is 547. The number of rotatable bonds is 3. The summed E-state index contributed by atoms with van der Waals surface area (Å²) in [5.74, 6) is 1.77. The highest BCUT2D eigenvalue weighted by Crippen LogP contribution is 2.30. The molecule has 96 valence electrons. The Morgan fingerprint density at radius 1 is 1.22 bits per heavy atom. The number of hydrogen-bond donors (Lipinski definition) is 1. The Morgan fingerprint density at radius 3 is 2.44 bits per heavy atom. The van der Waals surface area contributed by atoms with E-state index in [-0.39, 0.29) is 0 Å². The Morgan fingerprint density at radius 2 is 1.94 bits per heavy atom. The van der Waals surface area contributed by atoms with E-state index in [2.05, 4.69) is 44.1 Å². The lowest BCUT2D eigenvalue weighted by molar-refractivity contribution is 0.977. The number of aryl methyl sites for hydroxylation is 3. The molecule has 18 heavy (non-hydrogen) atoms. The highest BCUT2D eigenvalue weighted by molar-refractivity contribution is 7.12. The Hall–Kier alpha value is -1.42. The van der Waals surface area contributed by atoms with Gasteiger partial charge in [0.25, 0.3) is 0 Å². The van der Waals surface area contributed by atoms with Crippen LogP contribution < -0.4 is 5.32 Å². The van der Waals surface area contributed by atoms with Crippen LogP contribution >= 0.6 is 11.3 Å². The number of nitrogens with one attached hydrogen (secondary N) is 1. The zero-order valence-electron chi connectivity index (χ0n) is 11.6. The predicted octanol–water partition coefficient (Wildman–Crippen LogP) is 3.73. The van der Waals surface area contributed by atoms with Crippen molar-refractivity contribution in [2.75, 3.05) is 12.4 Å². The van der Waals surface area contributed by atoms with Crippen molar-refractivity contribution in [2.45, 2.75) is 34.1 Å². The Labute approximate surface area is 112 Å². The maximum Gasteiger partial charge on any atom is 0.162 e. The highest BCUT2D eigenvalue weighted by Gasteiger charge is 2.13. The van der Waals surface area contributed by atoms with Crippen LogP contribution in [0.2, 0.25) is 0 Å². The number of hydrogen-bond acceptors (Lipinski definition) is 4. The topological polar surface area (TPSA) is 37.8 Å². The average molecular weight is 261 g/mol. The fourth-order valence-corrected chi connectivity index (χ4v) is 3.04. The van der Waals surface area contributed by atoms with Crippen LogP contribution in [0.5, 0.6) is 0 Å². The number of anilines is 1. The lowest BCUT2D eigenvalue weighted by Gasteiger charge is -2.10. The Balaban J connectivity index is 2.61. The maximum absolute atomic E-state index is 4.70. The van der Waals surface area contributed by atoms with E-state index in [1.54, 1.807) is 11.3 Å². The van der Waals surface area contributed by atoms with Gasteiger partial charge in [0.05, 0.1) is 0 Å². The van der Waals surface area contributed by atoms with Crippen LogP contribution in [-0.2, 0) is 6.42 Å². The van der Waals surface area contributed by atoms with E-state index in [9.17, 15) is 0 Å². The first kappa shape index (κ1) is 13.0. The molecule has 0 atom stereocenters. The van der Waals surface area contributed by atoms with Crippen LogP contribution in [0.1, 0.15) is 27.9 Å². The van der Waals surface area contributed by atoms with Gasteiger partial charge in [0.15, 0.2) is 5.82 Å². The van der Waals surface area contributed by atoms with Gasteiger partial charge >= 0.3 is 0 Å². The first-order valence-corrected chi connectivity index (χ1v) is 7.01. The summed E-state index contributed by atoms with van der Waals surface area (Å²) >= 11 is 1.79. The molecule has 0 aliphatic rings. The van der Waals surface area contributed by atoms with Gasteiger partial charge < -0.3 is 5.32 Å². The molecule has 0 aliphatic carbocycles. The van der Waals surface area contributed by atoms with Gasteiger partial charge in [-0.15, -0.1) is 11.3 Å². The van der Waals surface area contributed by atoms with Gasteiger partial charge in [0.2, 0.25) is 0 Å². The molecular weight excluding hydrogens is 242 g/mol. The molecule has 0 aromatic carbocycles. The molecule has 4 heteroatoms. The van der Waals surface area contributed by atoms with E-state index >= 15 is 0 Å². The van der Waals surface area contributed by atoms with E-state index in [1.165, 1.54) is 9.75 Å². The molecule has 2 aromatic rings. The summed E-state index contributed by atoms with van der Waals surface area (Å²) in [6.45, 7) is 8.44. The molecule has 0 spiro atoms. The van der Waals surface area contributed by atoms with Gasteiger partial charge in [-0.1, -0.05) is 6.92 Å². The summed E-state index contributed by atoms with van der Waals surface area (Å²) in [6, 6.07) is 2.17. The molecule has 2 rings (SSSR count). The smallest absolute Gasteiger partial charge is 0.162 e. The van der Waals surface area contributed by atoms with Crippen molar-refractivity contribution in [3.05, 3.63) is 27.1 Å². The van der Waals surface area contributed by atoms with E-state index in [4.69, 9.17) is 4.98 Å². The lowest BCUT2D eigenvalue weighted by Crippen LogP contribution is -2.04. The van der Waals surface area contributed by atoms with Crippen LogP contribution in [0.3, 0.4) is 0 Å². The van der Waals surface area contributed by atoms with Crippen molar-refractivity contribution in [1.82, 2.24) is 9.97 Å². The van der Waals surface area contributed by atoms with E-state index < -0.39 is 0 Å². The van der Waals surface area contributed by atoms with Gasteiger partial charge in [-0.3, -0.25) is 0 Å². The molecule has 2 aromatic heterocycles. The second-order valence-corrected chi connectivity index (χ2v) is 5.86. The minimum atomic E-state index is 0.837. The largest absolute Gasteiger partial charge is 0.373 e.